The van der Waals surface area contributed by atoms with Crippen LogP contribution in [-0.4, -0.2) is 66.9 Å². The van der Waals surface area contributed by atoms with Crippen molar-refractivity contribution >= 4 is 15.9 Å². The van der Waals surface area contributed by atoms with Crippen LogP contribution < -0.4 is 18.9 Å². The van der Waals surface area contributed by atoms with Crippen molar-refractivity contribution in [1.82, 2.24) is 9.62 Å². The lowest BCUT2D eigenvalue weighted by Gasteiger charge is -2.27. The number of carbonyl (C=O) groups excluding carboxylic acids is 1. The summed E-state index contributed by atoms with van der Waals surface area (Å²) in [4.78, 5) is 14.5. The van der Waals surface area contributed by atoms with Gasteiger partial charge < -0.3 is 23.8 Å². The first-order valence-electron chi connectivity index (χ1n) is 9.65. The van der Waals surface area contributed by atoms with Gasteiger partial charge in [0.1, 0.15) is 5.75 Å². The summed E-state index contributed by atoms with van der Waals surface area (Å²) in [5.74, 6) is 1.07. The van der Waals surface area contributed by atoms with E-state index in [9.17, 15) is 13.2 Å². The Kier molecular flexibility index (Phi) is 7.37. The van der Waals surface area contributed by atoms with E-state index in [0.717, 1.165) is 0 Å². The van der Waals surface area contributed by atoms with Gasteiger partial charge in [-0.1, -0.05) is 6.07 Å². The van der Waals surface area contributed by atoms with E-state index in [1.54, 1.807) is 23.1 Å². The van der Waals surface area contributed by atoms with Crippen molar-refractivity contribution in [1.29, 1.82) is 0 Å². The predicted molar refractivity (Wildman–Crippen MR) is 113 cm³/mol. The van der Waals surface area contributed by atoms with Gasteiger partial charge in [0.2, 0.25) is 10.0 Å². The SMILES string of the molecule is COc1ccc(CNS(=O)(=O)c2ccc(OC)c(C(=O)N3CCOCC3)c2)cc1OC. The van der Waals surface area contributed by atoms with Gasteiger partial charge in [-0.3, -0.25) is 4.79 Å². The average molecular weight is 451 g/mol. The maximum Gasteiger partial charge on any atom is 0.257 e. The lowest BCUT2D eigenvalue weighted by atomic mass is 10.1. The maximum atomic E-state index is 12.9. The molecule has 2 aromatic carbocycles. The highest BCUT2D eigenvalue weighted by Crippen LogP contribution is 2.28. The topological polar surface area (TPSA) is 103 Å². The Hall–Kier alpha value is -2.82. The molecule has 0 bridgehead atoms. The second kappa shape index (κ2) is 9.99. The molecule has 0 aliphatic carbocycles. The molecule has 1 aliphatic rings. The first-order valence-corrected chi connectivity index (χ1v) is 11.1. The molecule has 0 unspecified atom stereocenters. The molecule has 31 heavy (non-hydrogen) atoms. The molecule has 2 aromatic rings. The predicted octanol–water partition coefficient (Wildman–Crippen LogP) is 1.66. The van der Waals surface area contributed by atoms with Gasteiger partial charge in [0.25, 0.3) is 5.91 Å². The average Bonchev–Trinajstić information content (AvgIpc) is 2.82. The lowest BCUT2D eigenvalue weighted by molar-refractivity contribution is 0.0300. The van der Waals surface area contributed by atoms with Gasteiger partial charge in [0.15, 0.2) is 11.5 Å². The molecule has 1 heterocycles. The lowest BCUT2D eigenvalue weighted by Crippen LogP contribution is -2.40. The summed E-state index contributed by atoms with van der Waals surface area (Å²) >= 11 is 0. The fourth-order valence-electron chi connectivity index (χ4n) is 3.21. The fourth-order valence-corrected chi connectivity index (χ4v) is 4.25. The molecule has 168 valence electrons. The monoisotopic (exact) mass is 450 g/mol. The van der Waals surface area contributed by atoms with Crippen LogP contribution in [0.25, 0.3) is 0 Å². The number of hydrogen-bond donors (Lipinski definition) is 1. The molecule has 0 atom stereocenters. The highest BCUT2D eigenvalue weighted by Gasteiger charge is 2.24. The number of nitrogens with one attached hydrogen (secondary N) is 1. The van der Waals surface area contributed by atoms with E-state index in [0.29, 0.717) is 49.1 Å². The van der Waals surface area contributed by atoms with Gasteiger partial charge in [-0.05, 0) is 35.9 Å². The van der Waals surface area contributed by atoms with Gasteiger partial charge >= 0.3 is 0 Å². The molecule has 1 N–H and O–H groups in total. The minimum atomic E-state index is -3.88. The van der Waals surface area contributed by atoms with Crippen LogP contribution in [0.3, 0.4) is 0 Å². The quantitative estimate of drug-likeness (QED) is 0.652. The molecule has 1 aliphatic heterocycles. The number of amides is 1. The third-order valence-electron chi connectivity index (χ3n) is 4.92. The molecule has 0 radical (unpaired) electrons. The Balaban J connectivity index is 1.81. The summed E-state index contributed by atoms with van der Waals surface area (Å²) in [5, 5.41) is 0. The van der Waals surface area contributed by atoms with Crippen LogP contribution in [0.4, 0.5) is 0 Å². The number of morpholine rings is 1. The van der Waals surface area contributed by atoms with E-state index in [1.807, 2.05) is 0 Å². The molecule has 10 heteroatoms. The second-order valence-electron chi connectivity index (χ2n) is 6.78. The van der Waals surface area contributed by atoms with Crippen LogP contribution in [0.1, 0.15) is 15.9 Å². The first kappa shape index (κ1) is 22.9. The number of sulfonamides is 1. The number of benzene rings is 2. The van der Waals surface area contributed by atoms with Crippen molar-refractivity contribution in [3.8, 4) is 17.2 Å². The number of rotatable bonds is 8. The molecular formula is C21H26N2O7S. The van der Waals surface area contributed by atoms with Crippen molar-refractivity contribution in [2.75, 3.05) is 47.6 Å². The summed E-state index contributed by atoms with van der Waals surface area (Å²) in [6.07, 6.45) is 0. The molecule has 0 spiro atoms. The number of ether oxygens (including phenoxy) is 4. The number of carbonyl (C=O) groups is 1. The Labute approximate surface area is 181 Å². The van der Waals surface area contributed by atoms with Gasteiger partial charge in [-0.15, -0.1) is 0 Å². The Morgan fingerprint density at radius 3 is 2.26 bits per heavy atom. The maximum absolute atomic E-state index is 12.9. The summed E-state index contributed by atoms with van der Waals surface area (Å²) in [5.41, 5.74) is 0.887. The van der Waals surface area contributed by atoms with Crippen LogP contribution in [0.15, 0.2) is 41.3 Å². The third kappa shape index (κ3) is 5.27. The zero-order valence-electron chi connectivity index (χ0n) is 17.7. The van der Waals surface area contributed by atoms with Gasteiger partial charge in [0, 0.05) is 19.6 Å². The number of methoxy groups -OCH3 is 3. The van der Waals surface area contributed by atoms with E-state index in [-0.39, 0.29) is 22.9 Å². The van der Waals surface area contributed by atoms with E-state index in [4.69, 9.17) is 18.9 Å². The Morgan fingerprint density at radius 2 is 1.61 bits per heavy atom. The standard InChI is InChI=1S/C21H26N2O7S/c1-27-18-7-5-16(13-17(18)21(24)23-8-10-30-11-9-23)31(25,26)22-14-15-4-6-19(28-2)20(12-15)29-3/h4-7,12-13,22H,8-11,14H2,1-3H3. The van der Waals surface area contributed by atoms with Gasteiger partial charge in [0.05, 0.1) is 45.0 Å². The fraction of sp³-hybridized carbons (Fsp3) is 0.381. The van der Waals surface area contributed by atoms with Crippen LogP contribution in [-0.2, 0) is 21.3 Å². The second-order valence-corrected chi connectivity index (χ2v) is 8.55. The summed E-state index contributed by atoms with van der Waals surface area (Å²) in [6.45, 7) is 1.81. The van der Waals surface area contributed by atoms with Crippen LogP contribution in [0.5, 0.6) is 17.2 Å². The molecule has 0 saturated carbocycles. The smallest absolute Gasteiger partial charge is 0.257 e. The van der Waals surface area contributed by atoms with E-state index in [1.165, 1.54) is 39.5 Å². The molecule has 3 rings (SSSR count). The number of nitrogens with zero attached hydrogens (tertiary/aromatic N) is 1. The molecule has 0 aromatic heterocycles. The van der Waals surface area contributed by atoms with Gasteiger partial charge in [-0.2, -0.15) is 0 Å². The minimum absolute atomic E-state index is 0.0228. The van der Waals surface area contributed by atoms with Crippen molar-refractivity contribution in [2.24, 2.45) is 0 Å². The van der Waals surface area contributed by atoms with Gasteiger partial charge in [-0.25, -0.2) is 13.1 Å². The molecule has 9 nitrogen and oxygen atoms in total. The number of hydrogen-bond acceptors (Lipinski definition) is 7. The normalized spacial score (nSPS) is 14.2. The van der Waals surface area contributed by atoms with Crippen LogP contribution >= 0.6 is 0 Å². The zero-order chi connectivity index (χ0) is 22.4. The Bertz CT molecular complexity index is 1030. The van der Waals surface area contributed by atoms with E-state index >= 15 is 0 Å². The summed E-state index contributed by atoms with van der Waals surface area (Å²) in [7, 11) is 0.598. The zero-order valence-corrected chi connectivity index (χ0v) is 18.5. The van der Waals surface area contributed by atoms with Crippen LogP contribution in [0, 0.1) is 0 Å². The molecule has 1 amide bonds. The minimum Gasteiger partial charge on any atom is -0.496 e. The summed E-state index contributed by atoms with van der Waals surface area (Å²) < 4.78 is 49.3. The molecule has 1 fully saturated rings. The largest absolute Gasteiger partial charge is 0.496 e. The highest BCUT2D eigenvalue weighted by atomic mass is 32.2. The Morgan fingerprint density at radius 1 is 0.968 bits per heavy atom. The van der Waals surface area contributed by atoms with Crippen LogP contribution in [0.2, 0.25) is 0 Å². The van der Waals surface area contributed by atoms with Crippen molar-refractivity contribution in [3.63, 3.8) is 0 Å². The van der Waals surface area contributed by atoms with E-state index in [2.05, 4.69) is 4.72 Å². The third-order valence-corrected chi connectivity index (χ3v) is 6.32. The first-order chi connectivity index (χ1) is 14.9. The molecule has 1 saturated heterocycles. The van der Waals surface area contributed by atoms with Crippen molar-refractivity contribution < 1.29 is 32.2 Å². The van der Waals surface area contributed by atoms with Crippen molar-refractivity contribution in [3.05, 3.63) is 47.5 Å². The van der Waals surface area contributed by atoms with E-state index < -0.39 is 10.0 Å². The van der Waals surface area contributed by atoms with Crippen molar-refractivity contribution in [2.45, 2.75) is 11.4 Å². The summed E-state index contributed by atoms with van der Waals surface area (Å²) in [6, 6.07) is 9.38. The highest BCUT2D eigenvalue weighted by molar-refractivity contribution is 7.89. The molecular weight excluding hydrogens is 424 g/mol.